The molecule has 0 bridgehead atoms. The quantitative estimate of drug-likeness (QED) is 0.754. The first-order valence-electron chi connectivity index (χ1n) is 8.19. The van der Waals surface area contributed by atoms with Gasteiger partial charge in [-0.1, -0.05) is 6.07 Å². The lowest BCUT2D eigenvalue weighted by atomic mass is 9.97. The number of halogens is 3. The lowest BCUT2D eigenvalue weighted by Gasteiger charge is -2.31. The number of hydrogen-bond acceptors (Lipinski definition) is 4. The third-order valence-corrected chi connectivity index (χ3v) is 4.54. The van der Waals surface area contributed by atoms with Crippen molar-refractivity contribution >= 4 is 16.8 Å². The van der Waals surface area contributed by atoms with Crippen LogP contribution in [0.2, 0.25) is 0 Å². The van der Waals surface area contributed by atoms with Crippen molar-refractivity contribution in [2.75, 3.05) is 13.1 Å². The molecule has 1 aliphatic rings. The Kier molecular flexibility index (Phi) is 3.93. The summed E-state index contributed by atoms with van der Waals surface area (Å²) in [6, 6.07) is 7.29. The van der Waals surface area contributed by atoms with Gasteiger partial charge in [0.2, 0.25) is 5.89 Å². The van der Waals surface area contributed by atoms with Crippen LogP contribution in [0.5, 0.6) is 0 Å². The number of rotatable bonds is 2. The van der Waals surface area contributed by atoms with Crippen molar-refractivity contribution in [2.24, 2.45) is 0 Å². The van der Waals surface area contributed by atoms with E-state index in [4.69, 9.17) is 4.42 Å². The maximum atomic E-state index is 12.8. The number of H-pyrrole nitrogens is 1. The lowest BCUT2D eigenvalue weighted by molar-refractivity contribution is -0.157. The van der Waals surface area contributed by atoms with Gasteiger partial charge in [-0.25, -0.2) is 0 Å². The van der Waals surface area contributed by atoms with Crippen molar-refractivity contribution in [3.05, 3.63) is 47.8 Å². The Hall–Kier alpha value is -2.84. The molecule has 0 unspecified atom stereocenters. The Morgan fingerprint density at radius 3 is 2.88 bits per heavy atom. The van der Waals surface area contributed by atoms with Crippen LogP contribution in [0.15, 0.2) is 34.9 Å². The fourth-order valence-electron chi connectivity index (χ4n) is 3.24. The number of hydrogen-bond donors (Lipinski definition) is 1. The average molecular weight is 364 g/mol. The minimum absolute atomic E-state index is 0.0744. The van der Waals surface area contributed by atoms with Crippen LogP contribution in [-0.2, 0) is 6.18 Å². The number of aromatic nitrogens is 3. The molecule has 1 fully saturated rings. The summed E-state index contributed by atoms with van der Waals surface area (Å²) in [5.41, 5.74) is 1.39. The van der Waals surface area contributed by atoms with Gasteiger partial charge in [0.1, 0.15) is 0 Å². The van der Waals surface area contributed by atoms with E-state index in [1.165, 1.54) is 0 Å². The second-order valence-corrected chi connectivity index (χ2v) is 6.31. The Bertz CT molecular complexity index is 947. The fraction of sp³-hybridized carbons (Fsp3) is 0.353. The van der Waals surface area contributed by atoms with E-state index in [9.17, 15) is 18.0 Å². The maximum absolute atomic E-state index is 12.8. The minimum Gasteiger partial charge on any atom is -0.417 e. The number of alkyl halides is 3. The molecule has 0 spiro atoms. The van der Waals surface area contributed by atoms with Crippen molar-refractivity contribution in [1.82, 2.24) is 20.1 Å². The van der Waals surface area contributed by atoms with Crippen LogP contribution in [0.3, 0.4) is 0 Å². The first-order chi connectivity index (χ1) is 12.4. The number of nitrogens with one attached hydrogen (secondary N) is 1. The Morgan fingerprint density at radius 2 is 2.12 bits per heavy atom. The molecule has 4 rings (SSSR count). The van der Waals surface area contributed by atoms with Gasteiger partial charge in [-0.05, 0) is 36.4 Å². The fourth-order valence-corrected chi connectivity index (χ4v) is 3.24. The van der Waals surface area contributed by atoms with Crippen LogP contribution in [0.4, 0.5) is 13.2 Å². The van der Waals surface area contributed by atoms with Gasteiger partial charge in [-0.3, -0.25) is 4.79 Å². The maximum Gasteiger partial charge on any atom is 0.470 e. The number of benzene rings is 1. The number of piperidine rings is 1. The molecule has 1 atom stereocenters. The summed E-state index contributed by atoms with van der Waals surface area (Å²) in [4.78, 5) is 17.5. The normalized spacial score (nSPS) is 18.4. The van der Waals surface area contributed by atoms with Gasteiger partial charge in [0.05, 0.1) is 5.92 Å². The van der Waals surface area contributed by atoms with Gasteiger partial charge in [-0.15, -0.1) is 10.2 Å². The standard InChI is InChI=1S/C17H15F3N4O2/c18-17(19,20)16-23-22-14(26-16)12-2-1-7-24(9-12)15(25)11-4-3-10-5-6-21-13(10)8-11/h3-6,8,12,21H,1-2,7,9H2/t12-/m0/s1. The molecular formula is C17H15F3N4O2. The molecule has 0 radical (unpaired) electrons. The van der Waals surface area contributed by atoms with Crippen LogP contribution < -0.4 is 0 Å². The Balaban J connectivity index is 1.52. The summed E-state index contributed by atoms with van der Waals surface area (Å²) in [5.74, 6) is -1.99. The van der Waals surface area contributed by atoms with Crippen LogP contribution >= 0.6 is 0 Å². The molecule has 3 aromatic rings. The highest BCUT2D eigenvalue weighted by molar-refractivity contribution is 5.98. The van der Waals surface area contributed by atoms with Crippen molar-refractivity contribution in [2.45, 2.75) is 24.9 Å². The molecule has 0 saturated carbocycles. The summed E-state index contributed by atoms with van der Waals surface area (Å²) in [6.45, 7) is 0.791. The summed E-state index contributed by atoms with van der Waals surface area (Å²) >= 11 is 0. The minimum atomic E-state index is -4.67. The van der Waals surface area contributed by atoms with E-state index in [0.29, 0.717) is 24.9 Å². The van der Waals surface area contributed by atoms with Crippen molar-refractivity contribution in [3.8, 4) is 0 Å². The van der Waals surface area contributed by atoms with Crippen molar-refractivity contribution < 1.29 is 22.4 Å². The van der Waals surface area contributed by atoms with E-state index in [0.717, 1.165) is 10.9 Å². The van der Waals surface area contributed by atoms with E-state index in [2.05, 4.69) is 15.2 Å². The Morgan fingerprint density at radius 1 is 1.27 bits per heavy atom. The molecule has 1 saturated heterocycles. The average Bonchev–Trinajstić information content (AvgIpc) is 3.29. The zero-order chi connectivity index (χ0) is 18.3. The molecule has 6 nitrogen and oxygen atoms in total. The molecule has 1 aromatic carbocycles. The molecule has 136 valence electrons. The van der Waals surface area contributed by atoms with Gasteiger partial charge in [0.15, 0.2) is 0 Å². The van der Waals surface area contributed by atoms with E-state index in [1.807, 2.05) is 12.1 Å². The highest BCUT2D eigenvalue weighted by Gasteiger charge is 2.39. The van der Waals surface area contributed by atoms with E-state index in [1.54, 1.807) is 23.2 Å². The first kappa shape index (κ1) is 16.6. The molecule has 2 aromatic heterocycles. The zero-order valence-electron chi connectivity index (χ0n) is 13.6. The highest BCUT2D eigenvalue weighted by atomic mass is 19.4. The monoisotopic (exact) mass is 364 g/mol. The molecule has 3 heterocycles. The topological polar surface area (TPSA) is 75.0 Å². The summed E-state index contributed by atoms with van der Waals surface area (Å²) < 4.78 is 42.7. The van der Waals surface area contributed by atoms with Gasteiger partial charge in [0.25, 0.3) is 5.91 Å². The van der Waals surface area contributed by atoms with Crippen LogP contribution in [0.25, 0.3) is 10.9 Å². The lowest BCUT2D eigenvalue weighted by Crippen LogP contribution is -2.39. The molecule has 26 heavy (non-hydrogen) atoms. The van der Waals surface area contributed by atoms with Gasteiger partial charge >= 0.3 is 12.1 Å². The number of likely N-dealkylation sites (tertiary alicyclic amines) is 1. The smallest absolute Gasteiger partial charge is 0.417 e. The highest BCUT2D eigenvalue weighted by Crippen LogP contribution is 2.32. The second kappa shape index (κ2) is 6.15. The molecule has 1 N–H and O–H groups in total. The number of fused-ring (bicyclic) bond motifs is 1. The van der Waals surface area contributed by atoms with Crippen LogP contribution in [-0.4, -0.2) is 39.1 Å². The molecule has 1 amide bonds. The van der Waals surface area contributed by atoms with Crippen molar-refractivity contribution in [1.29, 1.82) is 0 Å². The number of carbonyl (C=O) groups excluding carboxylic acids is 1. The summed E-state index contributed by atoms with van der Waals surface area (Å²) in [6.07, 6.45) is -1.62. The van der Waals surface area contributed by atoms with Gasteiger partial charge < -0.3 is 14.3 Å². The molecule has 9 heteroatoms. The van der Waals surface area contributed by atoms with Crippen LogP contribution in [0, 0.1) is 0 Å². The predicted molar refractivity (Wildman–Crippen MR) is 85.5 cm³/mol. The number of amides is 1. The van der Waals surface area contributed by atoms with E-state index < -0.39 is 18.0 Å². The largest absolute Gasteiger partial charge is 0.470 e. The van der Waals surface area contributed by atoms with Crippen LogP contribution in [0.1, 0.15) is 40.9 Å². The summed E-state index contributed by atoms with van der Waals surface area (Å²) in [7, 11) is 0. The predicted octanol–water partition coefficient (Wildman–Crippen LogP) is 3.59. The third-order valence-electron chi connectivity index (χ3n) is 4.54. The van der Waals surface area contributed by atoms with E-state index in [-0.39, 0.29) is 18.3 Å². The molecule has 1 aliphatic heterocycles. The molecular weight excluding hydrogens is 349 g/mol. The molecule has 0 aliphatic carbocycles. The third kappa shape index (κ3) is 3.04. The van der Waals surface area contributed by atoms with Crippen molar-refractivity contribution in [3.63, 3.8) is 0 Å². The Labute approximate surface area is 146 Å². The second-order valence-electron chi connectivity index (χ2n) is 6.31. The zero-order valence-corrected chi connectivity index (χ0v) is 13.6. The van der Waals surface area contributed by atoms with Gasteiger partial charge in [0, 0.05) is 30.4 Å². The first-order valence-corrected chi connectivity index (χ1v) is 8.19. The number of carbonyl (C=O) groups is 1. The summed E-state index contributed by atoms with van der Waals surface area (Å²) in [5, 5.41) is 7.60. The number of aromatic amines is 1. The SMILES string of the molecule is O=C(c1ccc2cc[nH]c2c1)N1CCC[C@H](c2nnc(C(F)(F)F)o2)C1. The number of nitrogens with zero attached hydrogens (tertiary/aromatic N) is 3. The van der Waals surface area contributed by atoms with E-state index >= 15 is 0 Å². The van der Waals surface area contributed by atoms with Gasteiger partial charge in [-0.2, -0.15) is 13.2 Å².